The van der Waals surface area contributed by atoms with Gasteiger partial charge in [-0.15, -0.1) is 0 Å². The van der Waals surface area contributed by atoms with Gasteiger partial charge in [0.2, 0.25) is 0 Å². The molecule has 0 bridgehead atoms. The number of nitrogens with zero attached hydrogens (tertiary/aromatic N) is 5. The van der Waals surface area contributed by atoms with Gasteiger partial charge < -0.3 is 4.74 Å². The van der Waals surface area contributed by atoms with Gasteiger partial charge in [0, 0.05) is 29.3 Å². The number of pyridine rings is 1. The second-order valence-electron chi connectivity index (χ2n) is 14.2. The minimum Gasteiger partial charge on any atom is -0.453 e. The zero-order valence-electron chi connectivity index (χ0n) is 31.6. The van der Waals surface area contributed by atoms with Gasteiger partial charge in [0.05, 0.1) is 11.4 Å². The summed E-state index contributed by atoms with van der Waals surface area (Å²) in [5, 5.41) is 0. The van der Waals surface area contributed by atoms with Crippen LogP contribution < -0.4 is 9.64 Å². The number of ether oxygens (including phenoxy) is 1. The van der Waals surface area contributed by atoms with E-state index in [1.54, 1.807) is 0 Å². The summed E-state index contributed by atoms with van der Waals surface area (Å²) in [5.41, 5.74) is 11.5. The number of aryl methyl sites for hydroxylation is 2. The van der Waals surface area contributed by atoms with E-state index in [2.05, 4.69) is 102 Å². The molecule has 0 amide bonds. The van der Waals surface area contributed by atoms with Crippen LogP contribution in [0.1, 0.15) is 11.4 Å². The molecule has 0 saturated carbocycles. The second kappa shape index (κ2) is 15.4. The van der Waals surface area contributed by atoms with Crippen LogP contribution in [0.5, 0.6) is 11.5 Å². The number of anilines is 3. The number of fused-ring (bicyclic) bond motifs is 2. The smallest absolute Gasteiger partial charge is 0.163 e. The van der Waals surface area contributed by atoms with Crippen LogP contribution in [-0.2, 0) is 12.8 Å². The van der Waals surface area contributed by atoms with Gasteiger partial charge >= 0.3 is 0 Å². The lowest BCUT2D eigenvalue weighted by atomic mass is 9.91. The molecular weight excluding hydrogens is 711 g/mol. The zero-order valence-corrected chi connectivity index (χ0v) is 31.6. The summed E-state index contributed by atoms with van der Waals surface area (Å²) >= 11 is 0. The largest absolute Gasteiger partial charge is 0.453 e. The monoisotopic (exact) mass is 747 g/mol. The average Bonchev–Trinajstić information content (AvgIpc) is 3.31. The van der Waals surface area contributed by atoms with E-state index in [4.69, 9.17) is 24.7 Å². The molecule has 1 aliphatic heterocycles. The molecule has 3 heterocycles. The maximum Gasteiger partial charge on any atom is 0.163 e. The van der Waals surface area contributed by atoms with E-state index in [0.717, 1.165) is 78.8 Å². The number of hydrogen-bond donors (Lipinski definition) is 0. The highest BCUT2D eigenvalue weighted by molar-refractivity contribution is 5.90. The minimum absolute atomic E-state index is 0.559. The maximum absolute atomic E-state index is 6.43. The third-order valence-corrected chi connectivity index (χ3v) is 10.5. The Morgan fingerprint density at radius 1 is 0.397 bits per heavy atom. The molecule has 0 fully saturated rings. The fraction of sp³-hybridized carbons (Fsp3) is 0.0385. The fourth-order valence-electron chi connectivity index (χ4n) is 7.64. The highest BCUT2D eigenvalue weighted by atomic mass is 16.5. The first kappa shape index (κ1) is 34.8. The summed E-state index contributed by atoms with van der Waals surface area (Å²) < 4.78 is 6.43. The number of para-hydroxylation sites is 4. The average molecular weight is 748 g/mol. The van der Waals surface area contributed by atoms with Crippen molar-refractivity contribution >= 4 is 17.2 Å². The molecule has 0 saturated heterocycles. The van der Waals surface area contributed by atoms with Gasteiger partial charge in [-0.1, -0.05) is 158 Å². The number of benzene rings is 7. The first-order valence-corrected chi connectivity index (χ1v) is 19.5. The Kier molecular flexibility index (Phi) is 9.26. The molecular formula is C52H37N5O. The molecule has 9 aromatic rings. The van der Waals surface area contributed by atoms with Crippen LogP contribution in [0.2, 0.25) is 0 Å². The first-order chi connectivity index (χ1) is 28.7. The van der Waals surface area contributed by atoms with Gasteiger partial charge in [-0.05, 0) is 76.2 Å². The molecule has 0 radical (unpaired) electrons. The predicted molar refractivity (Wildman–Crippen MR) is 233 cm³/mol. The summed E-state index contributed by atoms with van der Waals surface area (Å²) in [6.07, 6.45) is 3.19. The van der Waals surface area contributed by atoms with Gasteiger partial charge in [0.25, 0.3) is 0 Å². The van der Waals surface area contributed by atoms with Crippen molar-refractivity contribution in [1.29, 1.82) is 0 Å². The Hall–Kier alpha value is -7.70. The highest BCUT2D eigenvalue weighted by Gasteiger charge is 2.28. The lowest BCUT2D eigenvalue weighted by Crippen LogP contribution is -2.19. The minimum atomic E-state index is 0.559. The Labute approximate surface area is 337 Å². The number of rotatable bonds is 9. The standard InChI is InChI=1S/C52H37N5O/c1-5-17-36(18-6-1)40-29-31-43(37-19-7-2-8-20-37)44(34-40)42-33-41(52(53-35-42)57-45-25-13-15-27-47(45)58-48-28-16-14-26-46(48)57)30-32-49-54-50(38-21-9-3-10-22-38)56-51(55-49)39-23-11-4-12-24-39/h1-29,31,33-35H,30,32H2. The summed E-state index contributed by atoms with van der Waals surface area (Å²) in [4.78, 5) is 22.7. The van der Waals surface area contributed by atoms with Crippen molar-refractivity contribution in [2.45, 2.75) is 12.8 Å². The van der Waals surface area contributed by atoms with Gasteiger partial charge in [0.15, 0.2) is 23.1 Å². The van der Waals surface area contributed by atoms with Crippen molar-refractivity contribution < 1.29 is 4.74 Å². The molecule has 7 aromatic carbocycles. The Morgan fingerprint density at radius 3 is 1.50 bits per heavy atom. The summed E-state index contributed by atoms with van der Waals surface area (Å²) in [6, 6.07) is 66.7. The van der Waals surface area contributed by atoms with E-state index in [0.29, 0.717) is 30.3 Å². The third kappa shape index (κ3) is 6.88. The lowest BCUT2D eigenvalue weighted by molar-refractivity contribution is 0.476. The SMILES string of the molecule is c1ccc(-c2ccc(-c3ccccc3)c(-c3cnc(N4c5ccccc5Oc5ccccc54)c(CCc4nc(-c5ccccc5)nc(-c5ccccc5)n4)c3)c2)cc1. The molecule has 276 valence electrons. The van der Waals surface area contributed by atoms with Gasteiger partial charge in [0.1, 0.15) is 11.6 Å². The first-order valence-electron chi connectivity index (χ1n) is 19.5. The van der Waals surface area contributed by atoms with Gasteiger partial charge in [-0.25, -0.2) is 19.9 Å². The second-order valence-corrected chi connectivity index (χ2v) is 14.2. The topological polar surface area (TPSA) is 64.0 Å². The van der Waals surface area contributed by atoms with Crippen LogP contribution in [0.3, 0.4) is 0 Å². The van der Waals surface area contributed by atoms with Crippen molar-refractivity contribution in [3.8, 4) is 67.7 Å². The molecule has 6 nitrogen and oxygen atoms in total. The molecule has 10 rings (SSSR count). The van der Waals surface area contributed by atoms with Crippen LogP contribution in [0.4, 0.5) is 17.2 Å². The van der Waals surface area contributed by atoms with Crippen molar-refractivity contribution in [3.63, 3.8) is 0 Å². The van der Waals surface area contributed by atoms with Crippen molar-refractivity contribution in [2.75, 3.05) is 4.90 Å². The van der Waals surface area contributed by atoms with Crippen molar-refractivity contribution in [1.82, 2.24) is 19.9 Å². The summed E-state index contributed by atoms with van der Waals surface area (Å²) in [7, 11) is 0. The Morgan fingerprint density at radius 2 is 0.914 bits per heavy atom. The van der Waals surface area contributed by atoms with Crippen LogP contribution >= 0.6 is 0 Å². The van der Waals surface area contributed by atoms with E-state index in [9.17, 15) is 0 Å². The van der Waals surface area contributed by atoms with Crippen LogP contribution in [-0.4, -0.2) is 19.9 Å². The molecule has 0 atom stereocenters. The van der Waals surface area contributed by atoms with Crippen LogP contribution in [0.25, 0.3) is 56.2 Å². The predicted octanol–water partition coefficient (Wildman–Crippen LogP) is 13.0. The number of hydrogen-bond acceptors (Lipinski definition) is 6. The van der Waals surface area contributed by atoms with E-state index in [1.165, 1.54) is 0 Å². The maximum atomic E-state index is 6.43. The van der Waals surface area contributed by atoms with E-state index in [-0.39, 0.29) is 0 Å². The van der Waals surface area contributed by atoms with Crippen LogP contribution in [0, 0.1) is 0 Å². The van der Waals surface area contributed by atoms with E-state index < -0.39 is 0 Å². The molecule has 2 aromatic heterocycles. The molecule has 0 spiro atoms. The summed E-state index contributed by atoms with van der Waals surface area (Å²) in [5.74, 6) is 4.39. The van der Waals surface area contributed by atoms with Crippen molar-refractivity contribution in [3.05, 3.63) is 212 Å². The molecule has 6 heteroatoms. The third-order valence-electron chi connectivity index (χ3n) is 10.5. The molecule has 1 aliphatic rings. The Bertz CT molecular complexity index is 2760. The quantitative estimate of drug-likeness (QED) is 0.146. The lowest BCUT2D eigenvalue weighted by Gasteiger charge is -2.33. The van der Waals surface area contributed by atoms with E-state index in [1.807, 2.05) is 103 Å². The number of aromatic nitrogens is 4. The van der Waals surface area contributed by atoms with Gasteiger partial charge in [-0.3, -0.25) is 4.90 Å². The summed E-state index contributed by atoms with van der Waals surface area (Å²) in [6.45, 7) is 0. The zero-order chi connectivity index (χ0) is 38.7. The van der Waals surface area contributed by atoms with Crippen LogP contribution in [0.15, 0.2) is 200 Å². The van der Waals surface area contributed by atoms with Crippen molar-refractivity contribution in [2.24, 2.45) is 0 Å². The Balaban J connectivity index is 1.14. The molecule has 58 heavy (non-hydrogen) atoms. The normalized spacial score (nSPS) is 11.7. The van der Waals surface area contributed by atoms with E-state index >= 15 is 0 Å². The molecule has 0 unspecified atom stereocenters. The highest BCUT2D eigenvalue weighted by Crippen LogP contribution is 2.51. The molecule has 0 N–H and O–H groups in total. The fourth-order valence-corrected chi connectivity index (χ4v) is 7.64. The molecule has 0 aliphatic carbocycles. The van der Waals surface area contributed by atoms with Gasteiger partial charge in [-0.2, -0.15) is 0 Å².